The van der Waals surface area contributed by atoms with E-state index in [1.165, 1.54) is 19.3 Å². The molecule has 1 rings (SSSR count). The molecule has 0 spiro atoms. The summed E-state index contributed by atoms with van der Waals surface area (Å²) in [4.78, 5) is 0. The molecular weight excluding hydrogens is 146 g/mol. The van der Waals surface area contributed by atoms with Crippen molar-refractivity contribution < 1.29 is 0 Å². The van der Waals surface area contributed by atoms with Crippen LogP contribution in [0.4, 0.5) is 0 Å². The molecule has 0 aliphatic heterocycles. The van der Waals surface area contributed by atoms with Crippen LogP contribution in [0.1, 0.15) is 47.0 Å². The molecule has 0 aromatic rings. The van der Waals surface area contributed by atoms with Crippen molar-refractivity contribution in [3.63, 3.8) is 0 Å². The van der Waals surface area contributed by atoms with Gasteiger partial charge in [0.05, 0.1) is 0 Å². The average Bonchev–Trinajstić information content (AvgIpc) is 2.02. The summed E-state index contributed by atoms with van der Waals surface area (Å²) >= 11 is 0. The van der Waals surface area contributed by atoms with Crippen molar-refractivity contribution >= 4 is 0 Å². The maximum atomic E-state index is 6.46. The molecule has 2 atom stereocenters. The van der Waals surface area contributed by atoms with E-state index in [0.29, 0.717) is 5.92 Å². The Morgan fingerprint density at radius 3 is 1.92 bits per heavy atom. The van der Waals surface area contributed by atoms with Crippen LogP contribution in [0.3, 0.4) is 0 Å². The van der Waals surface area contributed by atoms with Gasteiger partial charge in [-0.2, -0.15) is 0 Å². The molecule has 1 saturated carbocycles. The van der Waals surface area contributed by atoms with Gasteiger partial charge in [0.1, 0.15) is 0 Å². The van der Waals surface area contributed by atoms with Crippen LogP contribution in [0.5, 0.6) is 0 Å². The summed E-state index contributed by atoms with van der Waals surface area (Å²) in [5.74, 6) is 2.20. The third-order valence-corrected chi connectivity index (χ3v) is 3.97. The van der Waals surface area contributed by atoms with E-state index in [2.05, 4.69) is 27.7 Å². The van der Waals surface area contributed by atoms with Crippen molar-refractivity contribution in [3.05, 3.63) is 0 Å². The zero-order valence-corrected chi connectivity index (χ0v) is 8.93. The third-order valence-electron chi connectivity index (χ3n) is 3.97. The first-order valence-electron chi connectivity index (χ1n) is 5.36. The van der Waals surface area contributed by atoms with Gasteiger partial charge in [0.2, 0.25) is 0 Å². The van der Waals surface area contributed by atoms with Gasteiger partial charge in [-0.15, -0.1) is 0 Å². The minimum absolute atomic E-state index is 0.156. The molecule has 0 bridgehead atoms. The molecule has 2 N–H and O–H groups in total. The fraction of sp³-hybridized carbons (Fsp3) is 1.00. The summed E-state index contributed by atoms with van der Waals surface area (Å²) in [5, 5.41) is 0. The second-order valence-corrected chi connectivity index (χ2v) is 4.60. The minimum atomic E-state index is 0.156. The van der Waals surface area contributed by atoms with Gasteiger partial charge in [-0.05, 0) is 24.2 Å². The van der Waals surface area contributed by atoms with Crippen LogP contribution in [-0.2, 0) is 0 Å². The van der Waals surface area contributed by atoms with Crippen molar-refractivity contribution in [1.82, 2.24) is 0 Å². The predicted molar refractivity (Wildman–Crippen MR) is 53.9 cm³/mol. The number of hydrogen-bond donors (Lipinski definition) is 1. The summed E-state index contributed by atoms with van der Waals surface area (Å²) in [7, 11) is 0. The van der Waals surface area contributed by atoms with Gasteiger partial charge in [0, 0.05) is 5.54 Å². The van der Waals surface area contributed by atoms with Crippen LogP contribution in [0.15, 0.2) is 0 Å². The highest BCUT2D eigenvalue weighted by Gasteiger charge is 2.51. The lowest BCUT2D eigenvalue weighted by molar-refractivity contribution is -0.0108. The maximum absolute atomic E-state index is 6.46. The van der Waals surface area contributed by atoms with Gasteiger partial charge in [0.25, 0.3) is 0 Å². The Balaban J connectivity index is 2.67. The van der Waals surface area contributed by atoms with E-state index in [9.17, 15) is 0 Å². The van der Waals surface area contributed by atoms with Crippen molar-refractivity contribution in [1.29, 1.82) is 0 Å². The molecule has 0 aromatic heterocycles. The monoisotopic (exact) mass is 169 g/mol. The van der Waals surface area contributed by atoms with Gasteiger partial charge in [-0.25, -0.2) is 0 Å². The van der Waals surface area contributed by atoms with Crippen LogP contribution < -0.4 is 5.73 Å². The normalized spacial score (nSPS) is 41.5. The summed E-state index contributed by atoms with van der Waals surface area (Å²) < 4.78 is 0. The molecule has 0 amide bonds. The predicted octanol–water partition coefficient (Wildman–Crippen LogP) is 2.80. The van der Waals surface area contributed by atoms with E-state index in [0.717, 1.165) is 11.8 Å². The van der Waals surface area contributed by atoms with Crippen molar-refractivity contribution in [2.24, 2.45) is 23.5 Å². The van der Waals surface area contributed by atoms with Gasteiger partial charge >= 0.3 is 0 Å². The number of rotatable bonds is 3. The fourth-order valence-corrected chi connectivity index (χ4v) is 2.91. The maximum Gasteiger partial charge on any atom is 0.0234 e. The van der Waals surface area contributed by atoms with Gasteiger partial charge in [-0.3, -0.25) is 0 Å². The van der Waals surface area contributed by atoms with Gasteiger partial charge in [-0.1, -0.05) is 40.5 Å². The van der Waals surface area contributed by atoms with Crippen LogP contribution in [0.2, 0.25) is 0 Å². The molecule has 0 aromatic carbocycles. The van der Waals surface area contributed by atoms with E-state index in [-0.39, 0.29) is 5.54 Å². The molecule has 1 nitrogen and oxygen atoms in total. The molecule has 1 aliphatic carbocycles. The molecule has 0 saturated heterocycles. The van der Waals surface area contributed by atoms with Crippen molar-refractivity contribution in [2.75, 3.05) is 0 Å². The van der Waals surface area contributed by atoms with E-state index in [1.807, 2.05) is 0 Å². The number of nitrogens with two attached hydrogens (primary N) is 1. The smallest absolute Gasteiger partial charge is 0.0234 e. The largest absolute Gasteiger partial charge is 0.324 e. The standard InChI is InChI=1S/C11H23N/c1-5-9-7-10(6-2)11(9,12)8(3)4/h8-10H,5-7,12H2,1-4H3. The van der Waals surface area contributed by atoms with Crippen LogP contribution in [0.25, 0.3) is 0 Å². The zero-order chi connectivity index (χ0) is 9.35. The van der Waals surface area contributed by atoms with Crippen molar-refractivity contribution in [2.45, 2.75) is 52.5 Å². The Morgan fingerprint density at radius 2 is 1.67 bits per heavy atom. The topological polar surface area (TPSA) is 26.0 Å². The van der Waals surface area contributed by atoms with Gasteiger partial charge in [0.15, 0.2) is 0 Å². The highest BCUT2D eigenvalue weighted by atomic mass is 14.8. The second-order valence-electron chi connectivity index (χ2n) is 4.60. The Hall–Kier alpha value is -0.0400. The first-order chi connectivity index (χ1) is 5.57. The molecule has 1 aliphatic rings. The SMILES string of the molecule is CCC1CC(CC)C1(N)C(C)C. The molecule has 12 heavy (non-hydrogen) atoms. The summed E-state index contributed by atoms with van der Waals surface area (Å²) in [6.07, 6.45) is 3.87. The quantitative estimate of drug-likeness (QED) is 0.690. The molecule has 0 heterocycles. The lowest BCUT2D eigenvalue weighted by Gasteiger charge is -2.56. The third kappa shape index (κ3) is 1.19. The minimum Gasteiger partial charge on any atom is -0.324 e. The Morgan fingerprint density at radius 1 is 1.25 bits per heavy atom. The van der Waals surface area contributed by atoms with Crippen LogP contribution in [-0.4, -0.2) is 5.54 Å². The summed E-state index contributed by atoms with van der Waals surface area (Å²) in [6, 6.07) is 0. The van der Waals surface area contributed by atoms with E-state index in [4.69, 9.17) is 5.73 Å². The van der Waals surface area contributed by atoms with Gasteiger partial charge < -0.3 is 5.73 Å². The van der Waals surface area contributed by atoms with E-state index in [1.54, 1.807) is 0 Å². The fourth-order valence-electron chi connectivity index (χ4n) is 2.91. The van der Waals surface area contributed by atoms with Crippen LogP contribution in [0, 0.1) is 17.8 Å². The Bertz CT molecular complexity index is 141. The van der Waals surface area contributed by atoms with E-state index < -0.39 is 0 Å². The second kappa shape index (κ2) is 3.37. The molecule has 1 heteroatoms. The lowest BCUT2D eigenvalue weighted by atomic mass is 9.53. The lowest BCUT2D eigenvalue weighted by Crippen LogP contribution is -2.65. The molecule has 2 unspecified atom stereocenters. The Labute approximate surface area is 76.7 Å². The molecule has 1 fully saturated rings. The van der Waals surface area contributed by atoms with Crippen LogP contribution >= 0.6 is 0 Å². The zero-order valence-electron chi connectivity index (χ0n) is 8.93. The van der Waals surface area contributed by atoms with Crippen molar-refractivity contribution in [3.8, 4) is 0 Å². The first kappa shape index (κ1) is 10.0. The summed E-state index contributed by atoms with van der Waals surface area (Å²) in [6.45, 7) is 9.07. The highest BCUT2D eigenvalue weighted by molar-refractivity contribution is 5.07. The Kier molecular flexibility index (Phi) is 2.82. The summed E-state index contributed by atoms with van der Waals surface area (Å²) in [5.41, 5.74) is 6.61. The molecule has 0 radical (unpaired) electrons. The molecular formula is C11H23N. The molecule has 72 valence electrons. The highest BCUT2D eigenvalue weighted by Crippen LogP contribution is 2.49. The first-order valence-corrected chi connectivity index (χ1v) is 5.36. The van der Waals surface area contributed by atoms with E-state index >= 15 is 0 Å². The average molecular weight is 169 g/mol. The number of hydrogen-bond acceptors (Lipinski definition) is 1.